The molecule has 1 aliphatic heterocycles. The zero-order valence-corrected chi connectivity index (χ0v) is 16.5. The van der Waals surface area contributed by atoms with Crippen LogP contribution in [0.1, 0.15) is 36.8 Å². The van der Waals surface area contributed by atoms with Gasteiger partial charge in [-0.05, 0) is 24.0 Å². The van der Waals surface area contributed by atoms with Crippen LogP contribution >= 0.6 is 0 Å². The highest BCUT2D eigenvalue weighted by Crippen LogP contribution is 2.45. The molecule has 2 aromatic rings. The summed E-state index contributed by atoms with van der Waals surface area (Å²) in [6.45, 7) is 4.10. The average Bonchev–Trinajstić information content (AvgIpc) is 3.21. The number of hydrogen-bond acceptors (Lipinski definition) is 4. The second-order valence-corrected chi connectivity index (χ2v) is 8.06. The van der Waals surface area contributed by atoms with E-state index in [1.807, 2.05) is 12.1 Å². The maximum absolute atomic E-state index is 6.15. The normalized spacial score (nSPS) is 20.4. The molecule has 0 aromatic heterocycles. The smallest absolute Gasteiger partial charge is 0.168 e. The van der Waals surface area contributed by atoms with Gasteiger partial charge in [0, 0.05) is 18.3 Å². The van der Waals surface area contributed by atoms with Gasteiger partial charge in [0.15, 0.2) is 5.79 Å². The SMILES string of the molecule is c1ccc(COCC2(COCc3ccccc3)CCC3(CC2)OCCO3)cc1. The molecule has 0 bridgehead atoms. The molecule has 1 heterocycles. The van der Waals surface area contributed by atoms with Gasteiger partial charge in [-0.1, -0.05) is 60.7 Å². The van der Waals surface area contributed by atoms with E-state index in [4.69, 9.17) is 18.9 Å². The van der Waals surface area contributed by atoms with Crippen LogP contribution in [0, 0.1) is 5.41 Å². The highest BCUT2D eigenvalue weighted by atomic mass is 16.7. The highest BCUT2D eigenvalue weighted by Gasteiger charge is 2.46. The molecule has 0 atom stereocenters. The molecule has 0 unspecified atom stereocenters. The first kappa shape index (κ1) is 19.6. The number of ether oxygens (including phenoxy) is 4. The van der Waals surface area contributed by atoms with E-state index >= 15 is 0 Å². The van der Waals surface area contributed by atoms with Crippen LogP contribution in [0.25, 0.3) is 0 Å². The fourth-order valence-electron chi connectivity index (χ4n) is 4.20. The zero-order chi connectivity index (χ0) is 19.1. The monoisotopic (exact) mass is 382 g/mol. The van der Waals surface area contributed by atoms with Crippen LogP contribution in [0.2, 0.25) is 0 Å². The molecule has 0 amide bonds. The van der Waals surface area contributed by atoms with E-state index in [0.29, 0.717) is 39.6 Å². The molecule has 150 valence electrons. The standard InChI is InChI=1S/C24H30O4/c1-3-7-21(8-4-1)17-25-19-23(20-26-18-22-9-5-2-6-10-22)11-13-24(14-12-23)27-15-16-28-24/h1-10H,11-20H2. The molecular formula is C24H30O4. The summed E-state index contributed by atoms with van der Waals surface area (Å²) >= 11 is 0. The zero-order valence-electron chi connectivity index (χ0n) is 16.5. The van der Waals surface area contributed by atoms with Crippen LogP contribution in [0.3, 0.4) is 0 Å². The third-order valence-corrected chi connectivity index (χ3v) is 5.93. The summed E-state index contributed by atoms with van der Waals surface area (Å²) < 4.78 is 24.1. The Labute approximate surface area is 167 Å². The lowest BCUT2D eigenvalue weighted by atomic mass is 9.73. The maximum Gasteiger partial charge on any atom is 0.168 e. The quantitative estimate of drug-likeness (QED) is 0.662. The van der Waals surface area contributed by atoms with E-state index in [9.17, 15) is 0 Å². The molecule has 0 radical (unpaired) electrons. The average molecular weight is 383 g/mol. The van der Waals surface area contributed by atoms with Gasteiger partial charge in [-0.25, -0.2) is 0 Å². The topological polar surface area (TPSA) is 36.9 Å². The van der Waals surface area contributed by atoms with Gasteiger partial charge < -0.3 is 18.9 Å². The van der Waals surface area contributed by atoms with Crippen LogP contribution in [-0.4, -0.2) is 32.2 Å². The van der Waals surface area contributed by atoms with Crippen molar-refractivity contribution in [1.82, 2.24) is 0 Å². The largest absolute Gasteiger partial charge is 0.376 e. The van der Waals surface area contributed by atoms with E-state index in [1.165, 1.54) is 11.1 Å². The van der Waals surface area contributed by atoms with Crippen LogP contribution < -0.4 is 0 Å². The van der Waals surface area contributed by atoms with Gasteiger partial charge in [0.2, 0.25) is 0 Å². The number of benzene rings is 2. The second-order valence-electron chi connectivity index (χ2n) is 8.06. The lowest BCUT2D eigenvalue weighted by molar-refractivity contribution is -0.202. The predicted molar refractivity (Wildman–Crippen MR) is 108 cm³/mol. The fraction of sp³-hybridized carbons (Fsp3) is 0.500. The van der Waals surface area contributed by atoms with Gasteiger partial charge in [-0.2, -0.15) is 0 Å². The van der Waals surface area contributed by atoms with Crippen LogP contribution in [0.5, 0.6) is 0 Å². The summed E-state index contributed by atoms with van der Waals surface area (Å²) in [5.41, 5.74) is 2.43. The van der Waals surface area contributed by atoms with Crippen molar-refractivity contribution in [1.29, 1.82) is 0 Å². The predicted octanol–water partition coefficient (Wildman–Crippen LogP) is 4.72. The molecule has 2 aromatic carbocycles. The van der Waals surface area contributed by atoms with E-state index in [2.05, 4.69) is 48.5 Å². The van der Waals surface area contributed by atoms with Crippen LogP contribution in [0.15, 0.2) is 60.7 Å². The molecule has 1 spiro atoms. The Bertz CT molecular complexity index is 652. The van der Waals surface area contributed by atoms with Gasteiger partial charge in [0.05, 0.1) is 39.6 Å². The van der Waals surface area contributed by atoms with Crippen molar-refractivity contribution in [2.24, 2.45) is 5.41 Å². The van der Waals surface area contributed by atoms with Crippen LogP contribution in [0.4, 0.5) is 0 Å². The minimum absolute atomic E-state index is 0.0180. The Morgan fingerprint density at radius 2 is 1.11 bits per heavy atom. The molecule has 0 N–H and O–H groups in total. The lowest BCUT2D eigenvalue weighted by Crippen LogP contribution is -2.44. The van der Waals surface area contributed by atoms with Gasteiger partial charge in [0.1, 0.15) is 0 Å². The number of hydrogen-bond donors (Lipinski definition) is 0. The number of rotatable bonds is 8. The second kappa shape index (κ2) is 9.19. The third kappa shape index (κ3) is 5.00. The van der Waals surface area contributed by atoms with Crippen molar-refractivity contribution >= 4 is 0 Å². The van der Waals surface area contributed by atoms with Crippen molar-refractivity contribution in [2.75, 3.05) is 26.4 Å². The Morgan fingerprint density at radius 1 is 0.643 bits per heavy atom. The summed E-state index contributed by atoms with van der Waals surface area (Å²) in [4.78, 5) is 0. The van der Waals surface area contributed by atoms with Crippen molar-refractivity contribution in [2.45, 2.75) is 44.7 Å². The summed E-state index contributed by atoms with van der Waals surface area (Å²) in [6, 6.07) is 20.7. The Balaban J connectivity index is 1.34. The van der Waals surface area contributed by atoms with Crippen molar-refractivity contribution in [3.8, 4) is 0 Å². The summed E-state index contributed by atoms with van der Waals surface area (Å²) in [5.74, 6) is -0.359. The lowest BCUT2D eigenvalue weighted by Gasteiger charge is -2.43. The Morgan fingerprint density at radius 3 is 1.57 bits per heavy atom. The summed E-state index contributed by atoms with van der Waals surface area (Å²) in [5, 5.41) is 0. The molecule has 2 aliphatic rings. The summed E-state index contributed by atoms with van der Waals surface area (Å²) in [7, 11) is 0. The molecule has 2 fully saturated rings. The first-order chi connectivity index (χ1) is 13.8. The van der Waals surface area contributed by atoms with E-state index in [1.54, 1.807) is 0 Å². The Hall–Kier alpha value is -1.72. The molecule has 28 heavy (non-hydrogen) atoms. The van der Waals surface area contributed by atoms with Gasteiger partial charge in [-0.15, -0.1) is 0 Å². The first-order valence-electron chi connectivity index (χ1n) is 10.3. The molecule has 1 aliphatic carbocycles. The highest BCUT2D eigenvalue weighted by molar-refractivity contribution is 5.14. The molecule has 1 saturated heterocycles. The van der Waals surface area contributed by atoms with Gasteiger partial charge >= 0.3 is 0 Å². The molecular weight excluding hydrogens is 352 g/mol. The minimum atomic E-state index is -0.359. The van der Waals surface area contributed by atoms with E-state index in [0.717, 1.165) is 25.7 Å². The Kier molecular flexibility index (Phi) is 6.43. The molecule has 4 rings (SSSR count). The molecule has 4 nitrogen and oxygen atoms in total. The van der Waals surface area contributed by atoms with Crippen molar-refractivity contribution in [3.63, 3.8) is 0 Å². The summed E-state index contributed by atoms with van der Waals surface area (Å²) in [6.07, 6.45) is 3.82. The van der Waals surface area contributed by atoms with Crippen molar-refractivity contribution < 1.29 is 18.9 Å². The minimum Gasteiger partial charge on any atom is -0.376 e. The maximum atomic E-state index is 6.15. The molecule has 1 saturated carbocycles. The van der Waals surface area contributed by atoms with Crippen molar-refractivity contribution in [3.05, 3.63) is 71.8 Å². The molecule has 4 heteroatoms. The first-order valence-corrected chi connectivity index (χ1v) is 10.3. The van der Waals surface area contributed by atoms with Gasteiger partial charge in [-0.3, -0.25) is 0 Å². The van der Waals surface area contributed by atoms with E-state index < -0.39 is 0 Å². The van der Waals surface area contributed by atoms with E-state index in [-0.39, 0.29) is 11.2 Å². The van der Waals surface area contributed by atoms with Gasteiger partial charge in [0.25, 0.3) is 0 Å². The van der Waals surface area contributed by atoms with Crippen LogP contribution in [-0.2, 0) is 32.2 Å². The fourth-order valence-corrected chi connectivity index (χ4v) is 4.20. The third-order valence-electron chi connectivity index (χ3n) is 5.93.